The van der Waals surface area contributed by atoms with Crippen LogP contribution in [0.25, 0.3) is 0 Å². The van der Waals surface area contributed by atoms with Crippen LogP contribution in [-0.4, -0.2) is 54.7 Å². The number of sulfonamides is 1. The maximum absolute atomic E-state index is 13.0. The van der Waals surface area contributed by atoms with E-state index in [1.807, 2.05) is 6.92 Å². The van der Waals surface area contributed by atoms with Gasteiger partial charge in [0.15, 0.2) is 5.75 Å². The van der Waals surface area contributed by atoms with Gasteiger partial charge < -0.3 is 9.64 Å². The zero-order chi connectivity index (χ0) is 29.0. The number of aromatic nitrogens is 2. The average molecular weight is 591 g/mol. The largest absolute Gasteiger partial charge is 0.457 e. The normalized spacial score (nSPS) is 16.9. The van der Waals surface area contributed by atoms with Crippen LogP contribution >= 0.6 is 11.3 Å². The summed E-state index contributed by atoms with van der Waals surface area (Å²) in [6.07, 6.45) is -1.41. The van der Waals surface area contributed by atoms with Crippen molar-refractivity contribution in [2.24, 2.45) is 10.2 Å². The predicted molar refractivity (Wildman–Crippen MR) is 144 cm³/mol. The van der Waals surface area contributed by atoms with E-state index in [0.717, 1.165) is 41.9 Å². The summed E-state index contributed by atoms with van der Waals surface area (Å²) in [5.74, 6) is -2.70. The minimum atomic E-state index is -4.93. The molecule has 0 aliphatic carbocycles. The number of alkyl halides is 3. The molecule has 1 aromatic carbocycles. The third kappa shape index (κ3) is 8.10. The van der Waals surface area contributed by atoms with Crippen molar-refractivity contribution in [3.63, 3.8) is 0 Å². The predicted octanol–water partition coefficient (Wildman–Crippen LogP) is 6.54. The fourth-order valence-electron chi connectivity index (χ4n) is 4.38. The lowest BCUT2D eigenvalue weighted by atomic mass is 9.92. The van der Waals surface area contributed by atoms with Crippen LogP contribution in [0, 0.1) is 0 Å². The van der Waals surface area contributed by atoms with Crippen molar-refractivity contribution in [2.75, 3.05) is 15.4 Å². The van der Waals surface area contributed by atoms with Crippen LogP contribution in [0.5, 0.6) is 0 Å². The van der Waals surface area contributed by atoms with Crippen LogP contribution in [0.3, 0.4) is 0 Å². The van der Waals surface area contributed by atoms with Gasteiger partial charge in [-0.25, -0.2) is 13.2 Å². The third-order valence-electron chi connectivity index (χ3n) is 6.45. The highest BCUT2D eigenvalue weighted by atomic mass is 32.2. The molecule has 2 unspecified atom stereocenters. The van der Waals surface area contributed by atoms with Crippen molar-refractivity contribution in [3.05, 3.63) is 22.7 Å². The van der Waals surface area contributed by atoms with Gasteiger partial charge in [0.05, 0.1) is 11.8 Å². The molecule has 39 heavy (non-hydrogen) atoms. The first kappa shape index (κ1) is 30.7. The van der Waals surface area contributed by atoms with Gasteiger partial charge in [-0.15, -0.1) is 20.4 Å². The Labute approximate surface area is 230 Å². The van der Waals surface area contributed by atoms with E-state index in [1.54, 1.807) is 13.0 Å². The first-order valence-corrected chi connectivity index (χ1v) is 15.2. The minimum absolute atomic E-state index is 0.000185. The number of ether oxygens (including phenoxy) is 1. The quantitative estimate of drug-likeness (QED) is 0.232. The lowest BCUT2D eigenvalue weighted by Crippen LogP contribution is -2.44. The van der Waals surface area contributed by atoms with Gasteiger partial charge in [0.2, 0.25) is 15.0 Å². The Morgan fingerprint density at radius 3 is 2.51 bits per heavy atom. The maximum Gasteiger partial charge on any atom is 0.404 e. The number of fused-ring (bicyclic) bond motifs is 1. The van der Waals surface area contributed by atoms with Crippen LogP contribution in [-0.2, 0) is 21.2 Å². The van der Waals surface area contributed by atoms with Crippen LogP contribution in [0.1, 0.15) is 75.7 Å². The number of anilines is 2. The van der Waals surface area contributed by atoms with Gasteiger partial charge in [-0.2, -0.15) is 13.2 Å². The number of hydrogen-bond donors (Lipinski definition) is 1. The first-order valence-electron chi connectivity index (χ1n) is 12.8. The first-order chi connectivity index (χ1) is 18.3. The third-order valence-corrected chi connectivity index (χ3v) is 8.48. The van der Waals surface area contributed by atoms with E-state index >= 15 is 0 Å². The Bertz CT molecular complexity index is 1300. The number of halogens is 3. The smallest absolute Gasteiger partial charge is 0.404 e. The number of carbonyl (C=O) groups excluding carboxylic acids is 1. The van der Waals surface area contributed by atoms with Crippen LogP contribution < -0.4 is 9.62 Å². The molecule has 0 bridgehead atoms. The van der Waals surface area contributed by atoms with Gasteiger partial charge in [0, 0.05) is 17.8 Å². The number of esters is 1. The van der Waals surface area contributed by atoms with E-state index in [-0.39, 0.29) is 39.7 Å². The number of nitrogens with zero attached hydrogens (tertiary/aromatic N) is 5. The average Bonchev–Trinajstić information content (AvgIpc) is 3.32. The van der Waals surface area contributed by atoms with Gasteiger partial charge in [-0.1, -0.05) is 32.1 Å². The molecule has 2 aromatic rings. The summed E-state index contributed by atoms with van der Waals surface area (Å²) in [6.45, 7) is 9.78. The SMILES string of the molecule is CCC(C)OC(=O)c1nnc(N=Nc2cc3c(cc2NS(=O)(=O)CC(F)(F)F)N(C(CC)CC)C(C)CC3)s1. The number of aryl methyl sites for hydroxylation is 1. The second kappa shape index (κ2) is 12.6. The molecule has 15 heteroatoms. The molecular weight excluding hydrogens is 557 g/mol. The standard InChI is InChI=1S/C24H33F3N6O4S2/c1-6-15(5)37-22(34)21-29-31-23(38-21)30-28-18-11-16-10-9-14(4)33(17(7-2)8-3)20(16)12-19(18)32-39(35,36)13-24(25,26)27/h11-12,14-15,17,32H,6-10,13H2,1-5H3. The van der Waals surface area contributed by atoms with Gasteiger partial charge >= 0.3 is 12.1 Å². The van der Waals surface area contributed by atoms with Crippen molar-refractivity contribution in [2.45, 2.75) is 91.1 Å². The molecule has 1 aliphatic heterocycles. The number of carbonyl (C=O) groups is 1. The Kier molecular flexibility index (Phi) is 9.91. The van der Waals surface area contributed by atoms with E-state index in [0.29, 0.717) is 12.8 Å². The molecule has 216 valence electrons. The molecule has 1 aliphatic rings. The molecule has 0 saturated heterocycles. The Balaban J connectivity index is 2.02. The molecule has 0 radical (unpaired) electrons. The lowest BCUT2D eigenvalue weighted by molar-refractivity contribution is -0.106. The second-order valence-corrected chi connectivity index (χ2v) is 12.1. The summed E-state index contributed by atoms with van der Waals surface area (Å²) >= 11 is 0.826. The van der Waals surface area contributed by atoms with Crippen molar-refractivity contribution in [1.29, 1.82) is 0 Å². The van der Waals surface area contributed by atoms with E-state index in [4.69, 9.17) is 4.74 Å². The zero-order valence-corrected chi connectivity index (χ0v) is 24.1. The summed E-state index contributed by atoms with van der Waals surface area (Å²) in [5.41, 5.74) is 1.52. The minimum Gasteiger partial charge on any atom is -0.457 e. The number of azo groups is 1. The van der Waals surface area contributed by atoms with Gasteiger partial charge in [0.1, 0.15) is 5.69 Å². The van der Waals surface area contributed by atoms with Crippen LogP contribution in [0.2, 0.25) is 0 Å². The molecule has 10 nitrogen and oxygen atoms in total. The van der Waals surface area contributed by atoms with Gasteiger partial charge in [-0.05, 0) is 63.6 Å². The van der Waals surface area contributed by atoms with E-state index < -0.39 is 27.9 Å². The van der Waals surface area contributed by atoms with Crippen LogP contribution in [0.4, 0.5) is 35.4 Å². The Morgan fingerprint density at radius 2 is 1.90 bits per heavy atom. The van der Waals surface area contributed by atoms with Crippen molar-refractivity contribution in [3.8, 4) is 0 Å². The van der Waals surface area contributed by atoms with E-state index in [2.05, 4.69) is 50.8 Å². The number of rotatable bonds is 11. The lowest BCUT2D eigenvalue weighted by Gasteiger charge is -2.42. The van der Waals surface area contributed by atoms with Crippen molar-refractivity contribution < 1.29 is 31.1 Å². The van der Waals surface area contributed by atoms with Gasteiger partial charge in [0.25, 0.3) is 5.13 Å². The number of hydrogen-bond acceptors (Lipinski definition) is 10. The second-order valence-electron chi connectivity index (χ2n) is 9.45. The molecule has 2 heterocycles. The topological polar surface area (TPSA) is 126 Å². The molecule has 0 fully saturated rings. The molecule has 0 amide bonds. The van der Waals surface area contributed by atoms with E-state index in [1.165, 1.54) is 6.07 Å². The summed E-state index contributed by atoms with van der Waals surface area (Å²) in [5, 5.41) is 15.6. The van der Waals surface area contributed by atoms with Crippen LogP contribution in [0.15, 0.2) is 22.4 Å². The summed E-state index contributed by atoms with van der Waals surface area (Å²) in [4.78, 5) is 14.4. The highest BCUT2D eigenvalue weighted by Crippen LogP contribution is 2.41. The molecule has 1 aromatic heterocycles. The summed E-state index contributed by atoms with van der Waals surface area (Å²) < 4.78 is 71.0. The monoisotopic (exact) mass is 590 g/mol. The molecule has 1 N–H and O–H groups in total. The van der Waals surface area contributed by atoms with Gasteiger partial charge in [-0.3, -0.25) is 4.72 Å². The molecule has 3 rings (SSSR count). The summed E-state index contributed by atoms with van der Waals surface area (Å²) in [6, 6.07) is 3.48. The number of nitrogens with one attached hydrogen (secondary N) is 1. The molecule has 2 atom stereocenters. The molecular formula is C24H33F3N6O4S2. The summed E-state index contributed by atoms with van der Waals surface area (Å²) in [7, 11) is -4.79. The number of benzene rings is 1. The van der Waals surface area contributed by atoms with Crippen molar-refractivity contribution in [1.82, 2.24) is 10.2 Å². The molecule has 0 spiro atoms. The fraction of sp³-hybridized carbons (Fsp3) is 0.625. The Hall–Kier alpha value is -2.81. The highest BCUT2D eigenvalue weighted by molar-refractivity contribution is 7.92. The van der Waals surface area contributed by atoms with E-state index in [9.17, 15) is 26.4 Å². The maximum atomic E-state index is 13.0. The fourth-order valence-corrected chi connectivity index (χ4v) is 5.93. The Morgan fingerprint density at radius 1 is 1.21 bits per heavy atom. The zero-order valence-electron chi connectivity index (χ0n) is 22.4. The molecule has 0 saturated carbocycles. The van der Waals surface area contributed by atoms with Crippen molar-refractivity contribution >= 4 is 49.5 Å². The highest BCUT2D eigenvalue weighted by Gasteiger charge is 2.36.